The van der Waals surface area contributed by atoms with Crippen molar-refractivity contribution < 1.29 is 19.3 Å². The summed E-state index contributed by atoms with van der Waals surface area (Å²) >= 11 is 3.45. The monoisotopic (exact) mass is 439 g/mol. The molecule has 0 aromatic heterocycles. The fourth-order valence-electron chi connectivity index (χ4n) is 2.45. The molecule has 0 aliphatic carbocycles. The predicted octanol–water partition coefficient (Wildman–Crippen LogP) is 1.77. The van der Waals surface area contributed by atoms with Crippen LogP contribution in [0.4, 0.5) is 0 Å². The van der Waals surface area contributed by atoms with Crippen molar-refractivity contribution >= 4 is 35.0 Å². The first-order valence-electron chi connectivity index (χ1n) is 9.23. The van der Waals surface area contributed by atoms with Gasteiger partial charge in [0.15, 0.2) is 6.61 Å². The summed E-state index contributed by atoms with van der Waals surface area (Å²) in [6, 6.07) is 7.52. The Morgan fingerprint density at radius 1 is 1.33 bits per heavy atom. The first-order valence-corrected chi connectivity index (χ1v) is 9.94. The second-order valence-corrected chi connectivity index (χ2v) is 8.92. The lowest BCUT2D eigenvalue weighted by molar-refractivity contribution is -0.124. The molecule has 0 atom stereocenters. The molecule has 6 nitrogen and oxygen atoms in total. The normalized spacial score (nSPS) is 16.8. The number of piperidine rings is 1. The number of nitrogens with one attached hydrogen (secondary N) is 1. The summed E-state index contributed by atoms with van der Waals surface area (Å²) in [5.74, 6) is 0.482. The number of benzene rings is 1. The van der Waals surface area contributed by atoms with Crippen molar-refractivity contribution in [2.24, 2.45) is 0 Å². The van der Waals surface area contributed by atoms with Gasteiger partial charge in [-0.3, -0.25) is 4.79 Å². The first kappa shape index (κ1) is 22.2. The van der Waals surface area contributed by atoms with Crippen molar-refractivity contribution in [2.45, 2.75) is 57.8 Å². The van der Waals surface area contributed by atoms with Gasteiger partial charge in [0.05, 0.1) is 11.2 Å². The third-order valence-electron chi connectivity index (χ3n) is 5.00. The summed E-state index contributed by atoms with van der Waals surface area (Å²) in [4.78, 5) is 12.1. The summed E-state index contributed by atoms with van der Waals surface area (Å²) in [7, 11) is 1.60. The zero-order valence-electron chi connectivity index (χ0n) is 16.5. The maximum Gasteiger partial charge on any atom is 0.331 e. The van der Waals surface area contributed by atoms with Crippen LogP contribution in [0, 0.1) is 0 Å². The molecule has 2 rings (SSSR count). The van der Waals surface area contributed by atoms with E-state index in [9.17, 15) is 9.90 Å². The topological polar surface area (TPSA) is 71.0 Å². The fourth-order valence-corrected chi connectivity index (χ4v) is 2.86. The quantitative estimate of drug-likeness (QED) is 0.477. The number of ether oxygens (including phenoxy) is 1. The minimum absolute atomic E-state index is 0.0198. The van der Waals surface area contributed by atoms with Gasteiger partial charge in [-0.05, 0) is 58.1 Å². The van der Waals surface area contributed by atoms with Crippen molar-refractivity contribution in [3.8, 4) is 5.75 Å². The van der Waals surface area contributed by atoms with Gasteiger partial charge in [0.2, 0.25) is 0 Å². The largest absolute Gasteiger partial charge is 0.484 e. The Hall–Kier alpha value is -1.09. The summed E-state index contributed by atoms with van der Waals surface area (Å²) < 4.78 is 13.4. The van der Waals surface area contributed by atoms with Crippen molar-refractivity contribution in [2.75, 3.05) is 19.7 Å². The molecule has 8 heteroatoms. The van der Waals surface area contributed by atoms with Gasteiger partial charge < -0.3 is 19.8 Å². The van der Waals surface area contributed by atoms with Crippen LogP contribution in [0.3, 0.4) is 0 Å². The lowest BCUT2D eigenvalue weighted by Gasteiger charge is -2.37. The molecule has 149 valence electrons. The number of hydrogen-bond acceptors (Lipinski definition) is 5. The molecule has 0 unspecified atom stereocenters. The van der Waals surface area contributed by atoms with Crippen molar-refractivity contribution in [1.29, 1.82) is 0 Å². The molecule has 1 aliphatic rings. The molecule has 1 aliphatic heterocycles. The summed E-state index contributed by atoms with van der Waals surface area (Å²) in [6.07, 6.45) is 1.85. The number of carbonyl (C=O) groups is 1. The third-order valence-corrected chi connectivity index (χ3v) is 5.71. The number of halogens is 1. The average molecular weight is 440 g/mol. The lowest BCUT2D eigenvalue weighted by Crippen LogP contribution is -2.49. The van der Waals surface area contributed by atoms with E-state index in [0.717, 1.165) is 31.4 Å². The Morgan fingerprint density at radius 3 is 2.63 bits per heavy atom. The van der Waals surface area contributed by atoms with Crippen LogP contribution >= 0.6 is 16.1 Å². The van der Waals surface area contributed by atoms with E-state index in [1.54, 1.807) is 33.5 Å². The Bertz CT molecular complexity index is 628. The second kappa shape index (κ2) is 9.41. The highest BCUT2D eigenvalue weighted by Crippen LogP contribution is 2.24. The fraction of sp³-hybridized carbons (Fsp3) is 0.632. The second-order valence-electron chi connectivity index (χ2n) is 7.92. The van der Waals surface area contributed by atoms with E-state index < -0.39 is 11.2 Å². The van der Waals surface area contributed by atoms with Crippen LogP contribution in [0.25, 0.3) is 0 Å². The highest BCUT2D eigenvalue weighted by Gasteiger charge is 2.35. The SMILES string of the molecule is CC(C)(O)C(C)(C)O[B]c1cccc(OCC(=O)NC2CCN(Br)CC2)c1. The molecule has 0 saturated carbocycles. The molecular formula is C19H29BBrN2O4. The highest BCUT2D eigenvalue weighted by molar-refractivity contribution is 9.07. The van der Waals surface area contributed by atoms with E-state index in [4.69, 9.17) is 9.39 Å². The molecule has 1 heterocycles. The molecule has 1 fully saturated rings. The van der Waals surface area contributed by atoms with Gasteiger partial charge in [-0.15, -0.1) is 0 Å². The maximum atomic E-state index is 12.1. The standard InChI is InChI=1S/C19H29BBrN2O4/c1-18(2,25)19(3,4)27-20-14-6-5-7-16(12-14)26-13-17(24)22-15-8-10-23(21)11-9-15/h5-7,12,15,25H,8-11,13H2,1-4H3,(H,22,24). The number of hydrogen-bond donors (Lipinski definition) is 2. The zero-order chi connectivity index (χ0) is 20.1. The molecule has 0 bridgehead atoms. The van der Waals surface area contributed by atoms with E-state index in [-0.39, 0.29) is 18.6 Å². The highest BCUT2D eigenvalue weighted by atomic mass is 79.9. The van der Waals surface area contributed by atoms with Crippen molar-refractivity contribution in [3.05, 3.63) is 24.3 Å². The summed E-state index contributed by atoms with van der Waals surface area (Å²) in [5.41, 5.74) is -0.926. The molecule has 0 spiro atoms. The van der Waals surface area contributed by atoms with E-state index >= 15 is 0 Å². The summed E-state index contributed by atoms with van der Waals surface area (Å²) in [5, 5.41) is 13.2. The van der Waals surface area contributed by atoms with Gasteiger partial charge in [0.1, 0.15) is 5.75 Å². The van der Waals surface area contributed by atoms with Crippen molar-refractivity contribution in [3.63, 3.8) is 0 Å². The van der Waals surface area contributed by atoms with Gasteiger partial charge in [0, 0.05) is 35.3 Å². The molecular weight excluding hydrogens is 411 g/mol. The van der Waals surface area contributed by atoms with Crippen LogP contribution in [0.2, 0.25) is 0 Å². The molecule has 27 heavy (non-hydrogen) atoms. The Labute approximate surface area is 171 Å². The van der Waals surface area contributed by atoms with Crippen molar-refractivity contribution in [1.82, 2.24) is 9.24 Å². The summed E-state index contributed by atoms with van der Waals surface area (Å²) in [6.45, 7) is 8.90. The van der Waals surface area contributed by atoms with E-state index in [1.165, 1.54) is 0 Å². The minimum Gasteiger partial charge on any atom is -0.484 e. The number of aliphatic hydroxyl groups is 1. The van der Waals surface area contributed by atoms with Crippen LogP contribution in [0.5, 0.6) is 5.75 Å². The van der Waals surface area contributed by atoms with Gasteiger partial charge in [-0.25, -0.2) is 3.93 Å². The van der Waals surface area contributed by atoms with E-state index in [0.29, 0.717) is 5.75 Å². The van der Waals surface area contributed by atoms with Crippen LogP contribution < -0.4 is 15.5 Å². The molecule has 2 N–H and O–H groups in total. The molecule has 1 aromatic carbocycles. The van der Waals surface area contributed by atoms with Crippen LogP contribution in [-0.2, 0) is 9.45 Å². The number of carbonyl (C=O) groups excluding carboxylic acids is 1. The van der Waals surface area contributed by atoms with Gasteiger partial charge in [-0.2, -0.15) is 0 Å². The molecule has 1 amide bonds. The zero-order valence-corrected chi connectivity index (χ0v) is 18.1. The third kappa shape index (κ3) is 7.10. The molecule has 1 aromatic rings. The smallest absolute Gasteiger partial charge is 0.331 e. The van der Waals surface area contributed by atoms with Gasteiger partial charge in [-0.1, -0.05) is 12.1 Å². The maximum absolute atomic E-state index is 12.1. The van der Waals surface area contributed by atoms with Gasteiger partial charge in [0.25, 0.3) is 5.91 Å². The van der Waals surface area contributed by atoms with Crippen LogP contribution in [0.15, 0.2) is 24.3 Å². The lowest BCUT2D eigenvalue weighted by atomic mass is 9.82. The predicted molar refractivity (Wildman–Crippen MR) is 110 cm³/mol. The van der Waals surface area contributed by atoms with Crippen LogP contribution in [-0.4, -0.2) is 59.4 Å². The van der Waals surface area contributed by atoms with E-state index in [2.05, 4.69) is 25.4 Å². The average Bonchev–Trinajstić information content (AvgIpc) is 2.60. The van der Waals surface area contributed by atoms with E-state index in [1.807, 2.05) is 26.0 Å². The minimum atomic E-state index is -0.985. The Morgan fingerprint density at radius 2 is 2.00 bits per heavy atom. The molecule has 1 saturated heterocycles. The number of nitrogens with zero attached hydrogens (tertiary/aromatic N) is 1. The molecule has 1 radical (unpaired) electrons. The van der Waals surface area contributed by atoms with Gasteiger partial charge >= 0.3 is 7.48 Å². The number of rotatable bonds is 8. The number of amides is 1. The first-order chi connectivity index (χ1) is 12.6. The Balaban J connectivity index is 1.80. The Kier molecular flexibility index (Phi) is 7.74. The van der Waals surface area contributed by atoms with Crippen LogP contribution in [0.1, 0.15) is 40.5 Å².